The molecule has 8 heteroatoms. The summed E-state index contributed by atoms with van der Waals surface area (Å²) in [5.41, 5.74) is 0.527. The van der Waals surface area contributed by atoms with E-state index in [4.69, 9.17) is 23.2 Å². The minimum absolute atomic E-state index is 0.0360. The third kappa shape index (κ3) is 4.02. The summed E-state index contributed by atoms with van der Waals surface area (Å²) in [5.74, 6) is 0.624. The van der Waals surface area contributed by atoms with Crippen LogP contribution in [-0.2, 0) is 4.79 Å². The topological polar surface area (TPSA) is 59.3 Å². The number of nitrogens with zero attached hydrogens (tertiary/aromatic N) is 3. The van der Waals surface area contributed by atoms with Crippen LogP contribution in [0.15, 0.2) is 17.4 Å². The summed E-state index contributed by atoms with van der Waals surface area (Å²) in [6, 6.07) is 1.75. The zero-order valence-corrected chi connectivity index (χ0v) is 14.3. The lowest BCUT2D eigenvalue weighted by atomic mass is 10.1. The predicted octanol–water partition coefficient (Wildman–Crippen LogP) is 3.29. The van der Waals surface area contributed by atoms with Crippen LogP contribution in [0.4, 0.5) is 0 Å². The molecule has 0 fully saturated rings. The van der Waals surface area contributed by atoms with Crippen molar-refractivity contribution in [2.24, 2.45) is 5.92 Å². The molecule has 0 aliphatic carbocycles. The van der Waals surface area contributed by atoms with Gasteiger partial charge in [-0.2, -0.15) is 0 Å². The third-order valence-electron chi connectivity index (χ3n) is 3.12. The van der Waals surface area contributed by atoms with Gasteiger partial charge in [-0.15, -0.1) is 10.2 Å². The van der Waals surface area contributed by atoms with Crippen LogP contribution in [-0.4, -0.2) is 32.3 Å². The van der Waals surface area contributed by atoms with E-state index in [-0.39, 0.29) is 17.7 Å². The number of nitrogens with one attached hydrogen (secondary N) is 1. The number of aromatic nitrogens is 3. The molecule has 1 N–H and O–H groups in total. The fourth-order valence-corrected chi connectivity index (χ4v) is 2.82. The van der Waals surface area contributed by atoms with E-state index < -0.39 is 0 Å². The van der Waals surface area contributed by atoms with Crippen molar-refractivity contribution < 1.29 is 4.79 Å². The minimum atomic E-state index is -0.0360. The summed E-state index contributed by atoms with van der Waals surface area (Å²) in [4.78, 5) is 11.9. The van der Waals surface area contributed by atoms with Gasteiger partial charge in [-0.25, -0.2) is 0 Å². The van der Waals surface area contributed by atoms with Crippen molar-refractivity contribution in [1.82, 2.24) is 19.9 Å². The van der Waals surface area contributed by atoms with Crippen LogP contribution in [0.3, 0.4) is 0 Å². The van der Waals surface area contributed by atoms with Crippen LogP contribution in [0.5, 0.6) is 0 Å². The molecule has 0 saturated carbocycles. The highest BCUT2D eigenvalue weighted by Crippen LogP contribution is 2.25. The minimum Gasteiger partial charge on any atom is -0.353 e. The number of fused-ring (bicyclic) bond motifs is 1. The summed E-state index contributed by atoms with van der Waals surface area (Å²) in [6.07, 6.45) is 1.68. The summed E-state index contributed by atoms with van der Waals surface area (Å²) >= 11 is 13.3. The molecular formula is C13H16Cl2N4OS. The highest BCUT2D eigenvalue weighted by atomic mass is 35.5. The van der Waals surface area contributed by atoms with Gasteiger partial charge in [0, 0.05) is 12.2 Å². The van der Waals surface area contributed by atoms with Crippen LogP contribution in [0, 0.1) is 5.92 Å². The average molecular weight is 347 g/mol. The fourth-order valence-electron chi connectivity index (χ4n) is 1.59. The van der Waals surface area contributed by atoms with Crippen molar-refractivity contribution in [2.75, 3.05) is 5.75 Å². The SMILES string of the molecule is CC(C)[C@@H](C)NC(=O)CSc1nnc2c(Cl)cc(Cl)cn12. The molecule has 0 spiro atoms. The molecule has 5 nitrogen and oxygen atoms in total. The first-order valence-electron chi connectivity index (χ1n) is 6.50. The summed E-state index contributed by atoms with van der Waals surface area (Å²) < 4.78 is 1.69. The Balaban J connectivity index is 2.06. The van der Waals surface area contributed by atoms with Crippen molar-refractivity contribution >= 4 is 46.5 Å². The molecule has 0 aromatic carbocycles. The molecule has 2 aromatic rings. The second kappa shape index (κ2) is 6.85. The molecular weight excluding hydrogens is 331 g/mol. The molecule has 114 valence electrons. The van der Waals surface area contributed by atoms with Crippen LogP contribution < -0.4 is 5.32 Å². The van der Waals surface area contributed by atoms with Gasteiger partial charge in [-0.1, -0.05) is 48.8 Å². The summed E-state index contributed by atoms with van der Waals surface area (Å²) in [5, 5.41) is 12.5. The molecule has 0 bridgehead atoms. The Labute approximate surface area is 137 Å². The first-order chi connectivity index (χ1) is 9.88. The molecule has 1 amide bonds. The second-order valence-electron chi connectivity index (χ2n) is 5.07. The fraction of sp³-hybridized carbons (Fsp3) is 0.462. The molecule has 1 atom stereocenters. The normalized spacial score (nSPS) is 12.9. The summed E-state index contributed by atoms with van der Waals surface area (Å²) in [6.45, 7) is 6.11. The van der Waals surface area contributed by atoms with Crippen molar-refractivity contribution in [3.05, 3.63) is 22.3 Å². The molecule has 21 heavy (non-hydrogen) atoms. The number of hydrogen-bond donors (Lipinski definition) is 1. The number of hydrogen-bond acceptors (Lipinski definition) is 4. The van der Waals surface area contributed by atoms with E-state index in [1.807, 2.05) is 6.92 Å². The Morgan fingerprint density at radius 3 is 2.76 bits per heavy atom. The van der Waals surface area contributed by atoms with Gasteiger partial charge in [0.2, 0.25) is 5.91 Å². The van der Waals surface area contributed by atoms with Gasteiger partial charge in [0.1, 0.15) is 0 Å². The third-order valence-corrected chi connectivity index (χ3v) is 4.54. The quantitative estimate of drug-likeness (QED) is 0.844. The number of carbonyl (C=O) groups is 1. The number of halogens is 2. The molecule has 0 saturated heterocycles. The van der Waals surface area contributed by atoms with Gasteiger partial charge < -0.3 is 5.32 Å². The lowest BCUT2D eigenvalue weighted by molar-refractivity contribution is -0.119. The van der Waals surface area contributed by atoms with Gasteiger partial charge in [-0.05, 0) is 18.9 Å². The highest BCUT2D eigenvalue weighted by molar-refractivity contribution is 7.99. The predicted molar refractivity (Wildman–Crippen MR) is 86.2 cm³/mol. The van der Waals surface area contributed by atoms with Crippen LogP contribution in [0.1, 0.15) is 20.8 Å². The van der Waals surface area contributed by atoms with E-state index in [0.717, 1.165) is 0 Å². The van der Waals surface area contributed by atoms with E-state index in [2.05, 4.69) is 29.4 Å². The molecule has 0 radical (unpaired) electrons. The van der Waals surface area contributed by atoms with Crippen LogP contribution in [0.2, 0.25) is 10.0 Å². The van der Waals surface area contributed by atoms with Crippen molar-refractivity contribution in [3.8, 4) is 0 Å². The summed E-state index contributed by atoms with van der Waals surface area (Å²) in [7, 11) is 0. The maximum atomic E-state index is 11.9. The van der Waals surface area contributed by atoms with Crippen molar-refractivity contribution in [3.63, 3.8) is 0 Å². The Kier molecular flexibility index (Phi) is 5.35. The van der Waals surface area contributed by atoms with E-state index in [1.54, 1.807) is 16.7 Å². The smallest absolute Gasteiger partial charge is 0.230 e. The zero-order valence-electron chi connectivity index (χ0n) is 11.9. The zero-order chi connectivity index (χ0) is 15.6. The standard InChI is InChI=1S/C13H16Cl2N4OS/c1-7(2)8(3)16-11(20)6-21-13-18-17-12-10(15)4-9(14)5-19(12)13/h4-5,7-8H,6H2,1-3H3,(H,16,20)/t8-/m1/s1. The maximum absolute atomic E-state index is 11.9. The largest absolute Gasteiger partial charge is 0.353 e. The maximum Gasteiger partial charge on any atom is 0.230 e. The number of carbonyl (C=O) groups excluding carboxylic acids is 1. The number of amides is 1. The highest BCUT2D eigenvalue weighted by Gasteiger charge is 2.14. The lowest BCUT2D eigenvalue weighted by Crippen LogP contribution is -2.37. The first-order valence-corrected chi connectivity index (χ1v) is 8.24. The Morgan fingerprint density at radius 1 is 1.38 bits per heavy atom. The molecule has 2 aromatic heterocycles. The number of thioether (sulfide) groups is 1. The van der Waals surface area contributed by atoms with E-state index >= 15 is 0 Å². The van der Waals surface area contributed by atoms with Crippen LogP contribution >= 0.6 is 35.0 Å². The van der Waals surface area contributed by atoms with Gasteiger partial charge >= 0.3 is 0 Å². The Morgan fingerprint density at radius 2 is 2.10 bits per heavy atom. The number of pyridine rings is 1. The second-order valence-corrected chi connectivity index (χ2v) is 6.86. The van der Waals surface area contributed by atoms with Crippen molar-refractivity contribution in [1.29, 1.82) is 0 Å². The Hall–Kier alpha value is -0.980. The first kappa shape index (κ1) is 16.4. The van der Waals surface area contributed by atoms with Crippen LogP contribution in [0.25, 0.3) is 5.65 Å². The lowest BCUT2D eigenvalue weighted by Gasteiger charge is -2.16. The van der Waals surface area contributed by atoms with Gasteiger partial charge in [0.25, 0.3) is 0 Å². The van der Waals surface area contributed by atoms with E-state index in [0.29, 0.717) is 26.8 Å². The molecule has 0 unspecified atom stereocenters. The van der Waals surface area contributed by atoms with E-state index in [1.165, 1.54) is 11.8 Å². The average Bonchev–Trinajstić information content (AvgIpc) is 2.79. The molecule has 2 heterocycles. The molecule has 2 rings (SSSR count). The van der Waals surface area contributed by atoms with E-state index in [9.17, 15) is 4.79 Å². The Bertz CT molecular complexity index is 659. The van der Waals surface area contributed by atoms with Crippen molar-refractivity contribution in [2.45, 2.75) is 32.0 Å². The molecule has 0 aliphatic heterocycles. The van der Waals surface area contributed by atoms with Gasteiger partial charge in [-0.3, -0.25) is 9.20 Å². The number of rotatable bonds is 5. The molecule has 0 aliphatic rings. The van der Waals surface area contributed by atoms with Gasteiger partial charge in [0.15, 0.2) is 10.8 Å². The monoisotopic (exact) mass is 346 g/mol. The van der Waals surface area contributed by atoms with Gasteiger partial charge in [0.05, 0.1) is 15.8 Å².